The molecule has 1 aliphatic rings. The first-order valence-corrected chi connectivity index (χ1v) is 9.95. The van der Waals surface area contributed by atoms with Crippen molar-refractivity contribution in [2.75, 3.05) is 46.9 Å². The number of guanidine groups is 1. The van der Waals surface area contributed by atoms with Gasteiger partial charge in [0.15, 0.2) is 5.96 Å². The lowest BCUT2D eigenvalue weighted by atomic mass is 10.1. The average Bonchev–Trinajstić information content (AvgIpc) is 3.49. The number of rotatable bonds is 11. The van der Waals surface area contributed by atoms with Crippen LogP contribution in [0.3, 0.4) is 0 Å². The van der Waals surface area contributed by atoms with Crippen LogP contribution < -0.4 is 5.32 Å². The molecule has 154 valence electrons. The number of hydrogen-bond donors (Lipinski definition) is 1. The van der Waals surface area contributed by atoms with Crippen molar-refractivity contribution >= 4 is 29.9 Å². The molecule has 0 aliphatic heterocycles. The van der Waals surface area contributed by atoms with Crippen molar-refractivity contribution in [3.05, 3.63) is 35.4 Å². The van der Waals surface area contributed by atoms with E-state index >= 15 is 0 Å². The van der Waals surface area contributed by atoms with Gasteiger partial charge in [-0.3, -0.25) is 9.89 Å². The lowest BCUT2D eigenvalue weighted by Crippen LogP contribution is -2.40. The fourth-order valence-electron chi connectivity index (χ4n) is 2.88. The van der Waals surface area contributed by atoms with Gasteiger partial charge in [-0.2, -0.15) is 0 Å². The van der Waals surface area contributed by atoms with E-state index < -0.39 is 0 Å². The molecule has 27 heavy (non-hydrogen) atoms. The van der Waals surface area contributed by atoms with Crippen molar-refractivity contribution < 1.29 is 4.74 Å². The number of hydrogen-bond acceptors (Lipinski definition) is 3. The summed E-state index contributed by atoms with van der Waals surface area (Å²) in [5.74, 6) is 1.73. The number of benzene rings is 1. The van der Waals surface area contributed by atoms with Crippen LogP contribution in [-0.2, 0) is 17.8 Å². The maximum Gasteiger partial charge on any atom is 0.193 e. The van der Waals surface area contributed by atoms with Crippen LogP contribution in [0.1, 0.15) is 37.8 Å². The van der Waals surface area contributed by atoms with E-state index in [0.29, 0.717) is 0 Å². The molecule has 5 nitrogen and oxygen atoms in total. The Balaban J connectivity index is 0.00000364. The van der Waals surface area contributed by atoms with E-state index in [1.54, 1.807) is 0 Å². The van der Waals surface area contributed by atoms with E-state index in [1.165, 1.54) is 24.0 Å². The highest BCUT2D eigenvalue weighted by Crippen LogP contribution is 2.28. The number of ether oxygens (including phenoxy) is 1. The minimum atomic E-state index is 0. The van der Waals surface area contributed by atoms with Gasteiger partial charge in [0.05, 0.1) is 6.61 Å². The summed E-state index contributed by atoms with van der Waals surface area (Å²) in [4.78, 5) is 8.93. The van der Waals surface area contributed by atoms with Crippen LogP contribution in [0, 0.1) is 5.92 Å². The standard InChI is InChI=1S/C21H36N4O.HI/c1-5-25(6-2)16-19-9-7-18(8-10-19)15-23-21(22-3)24(4)13-14-26-17-20-11-12-20;/h7-10,20H,5-6,11-17H2,1-4H3,(H,22,23);1H. The lowest BCUT2D eigenvalue weighted by molar-refractivity contribution is 0.115. The molecule has 1 N–H and O–H groups in total. The zero-order chi connectivity index (χ0) is 18.8. The molecule has 0 unspecified atom stereocenters. The van der Waals surface area contributed by atoms with Crippen molar-refractivity contribution in [2.45, 2.75) is 39.8 Å². The second-order valence-electron chi connectivity index (χ2n) is 7.12. The summed E-state index contributed by atoms with van der Waals surface area (Å²) >= 11 is 0. The van der Waals surface area contributed by atoms with Crippen molar-refractivity contribution in [1.29, 1.82) is 0 Å². The Labute approximate surface area is 182 Å². The molecule has 0 spiro atoms. The van der Waals surface area contributed by atoms with E-state index in [2.05, 4.69) is 65.3 Å². The zero-order valence-electron chi connectivity index (χ0n) is 17.4. The first-order chi connectivity index (χ1) is 12.7. The van der Waals surface area contributed by atoms with E-state index in [0.717, 1.165) is 57.8 Å². The number of likely N-dealkylation sites (N-methyl/N-ethyl adjacent to an activating group) is 1. The van der Waals surface area contributed by atoms with Crippen LogP contribution in [0.15, 0.2) is 29.3 Å². The monoisotopic (exact) mass is 488 g/mol. The van der Waals surface area contributed by atoms with E-state index in [-0.39, 0.29) is 24.0 Å². The van der Waals surface area contributed by atoms with Crippen molar-refractivity contribution in [3.8, 4) is 0 Å². The minimum absolute atomic E-state index is 0. The molecule has 0 radical (unpaired) electrons. The molecule has 0 aromatic heterocycles. The van der Waals surface area contributed by atoms with Gasteiger partial charge in [-0.25, -0.2) is 0 Å². The highest BCUT2D eigenvalue weighted by atomic mass is 127. The molecule has 1 saturated carbocycles. The van der Waals surface area contributed by atoms with Gasteiger partial charge in [0.25, 0.3) is 0 Å². The fraction of sp³-hybridized carbons (Fsp3) is 0.667. The van der Waals surface area contributed by atoms with Crippen LogP contribution in [0.25, 0.3) is 0 Å². The van der Waals surface area contributed by atoms with Gasteiger partial charge in [-0.05, 0) is 43.0 Å². The Morgan fingerprint density at radius 1 is 1.15 bits per heavy atom. The maximum atomic E-state index is 5.72. The Morgan fingerprint density at radius 3 is 2.33 bits per heavy atom. The molecule has 1 aromatic rings. The van der Waals surface area contributed by atoms with Crippen molar-refractivity contribution in [2.24, 2.45) is 10.9 Å². The zero-order valence-corrected chi connectivity index (χ0v) is 19.7. The minimum Gasteiger partial charge on any atom is -0.379 e. The summed E-state index contributed by atoms with van der Waals surface area (Å²) in [5, 5.41) is 3.44. The molecule has 0 saturated heterocycles. The third-order valence-corrected chi connectivity index (χ3v) is 4.97. The highest BCUT2D eigenvalue weighted by molar-refractivity contribution is 14.0. The van der Waals surface area contributed by atoms with E-state index in [1.807, 2.05) is 7.05 Å². The Hall–Kier alpha value is -0.860. The van der Waals surface area contributed by atoms with Gasteiger partial charge in [0.1, 0.15) is 0 Å². The second kappa shape index (κ2) is 13.3. The van der Waals surface area contributed by atoms with Crippen LogP contribution in [-0.4, -0.2) is 62.7 Å². The topological polar surface area (TPSA) is 40.1 Å². The maximum absolute atomic E-state index is 5.72. The smallest absolute Gasteiger partial charge is 0.193 e. The molecular formula is C21H37IN4O. The van der Waals surface area contributed by atoms with Crippen molar-refractivity contribution in [1.82, 2.24) is 15.1 Å². The van der Waals surface area contributed by atoms with Crippen LogP contribution >= 0.6 is 24.0 Å². The van der Waals surface area contributed by atoms with E-state index in [4.69, 9.17) is 4.74 Å². The van der Waals surface area contributed by atoms with Gasteiger partial charge in [-0.1, -0.05) is 38.1 Å². The lowest BCUT2D eigenvalue weighted by Gasteiger charge is -2.22. The Bertz CT molecular complexity index is 542. The van der Waals surface area contributed by atoms with Crippen LogP contribution in [0.5, 0.6) is 0 Å². The summed E-state index contributed by atoms with van der Waals surface area (Å²) in [6, 6.07) is 8.87. The Kier molecular flexibility index (Phi) is 11.9. The molecule has 0 amide bonds. The Morgan fingerprint density at radius 2 is 1.78 bits per heavy atom. The predicted octanol–water partition coefficient (Wildman–Crippen LogP) is 3.58. The molecule has 0 atom stereocenters. The van der Waals surface area contributed by atoms with Gasteiger partial charge in [0.2, 0.25) is 0 Å². The number of nitrogens with zero attached hydrogens (tertiary/aromatic N) is 3. The summed E-state index contributed by atoms with van der Waals surface area (Å²) < 4.78 is 5.72. The van der Waals surface area contributed by atoms with Crippen molar-refractivity contribution in [3.63, 3.8) is 0 Å². The SMILES string of the molecule is CCN(CC)Cc1ccc(CNC(=NC)N(C)CCOCC2CC2)cc1.I. The molecule has 2 rings (SSSR count). The highest BCUT2D eigenvalue weighted by Gasteiger charge is 2.21. The van der Waals surface area contributed by atoms with E-state index in [9.17, 15) is 0 Å². The third-order valence-electron chi connectivity index (χ3n) is 4.97. The normalized spacial score (nSPS) is 14.2. The van der Waals surface area contributed by atoms with Gasteiger partial charge in [-0.15, -0.1) is 24.0 Å². The molecule has 1 aromatic carbocycles. The number of nitrogens with one attached hydrogen (secondary N) is 1. The second-order valence-corrected chi connectivity index (χ2v) is 7.12. The molecule has 1 fully saturated rings. The van der Waals surface area contributed by atoms with Crippen LogP contribution in [0.2, 0.25) is 0 Å². The number of halogens is 1. The average molecular weight is 488 g/mol. The summed E-state index contributed by atoms with van der Waals surface area (Å²) in [7, 11) is 3.89. The van der Waals surface area contributed by atoms with Gasteiger partial charge in [0, 0.05) is 40.3 Å². The van der Waals surface area contributed by atoms with Crippen LogP contribution in [0.4, 0.5) is 0 Å². The molecular weight excluding hydrogens is 451 g/mol. The molecule has 0 bridgehead atoms. The third kappa shape index (κ3) is 9.25. The summed E-state index contributed by atoms with van der Waals surface area (Å²) in [6.07, 6.45) is 2.68. The quantitative estimate of drug-likeness (QED) is 0.224. The molecule has 1 aliphatic carbocycles. The van der Waals surface area contributed by atoms with Gasteiger partial charge < -0.3 is 15.0 Å². The molecule has 6 heteroatoms. The summed E-state index contributed by atoms with van der Waals surface area (Å²) in [5.41, 5.74) is 2.64. The number of aliphatic imine (C=N–C) groups is 1. The first kappa shape index (κ1) is 24.2. The molecule has 0 heterocycles. The van der Waals surface area contributed by atoms with Gasteiger partial charge >= 0.3 is 0 Å². The fourth-order valence-corrected chi connectivity index (χ4v) is 2.88. The largest absolute Gasteiger partial charge is 0.379 e. The predicted molar refractivity (Wildman–Crippen MR) is 125 cm³/mol. The summed E-state index contributed by atoms with van der Waals surface area (Å²) in [6.45, 7) is 10.9. The first-order valence-electron chi connectivity index (χ1n) is 9.95.